The third-order valence-electron chi connectivity index (χ3n) is 2.35. The monoisotopic (exact) mass is 274 g/mol. The van der Waals surface area contributed by atoms with E-state index in [-0.39, 0.29) is 18.1 Å². The Labute approximate surface area is 115 Å². The van der Waals surface area contributed by atoms with Crippen LogP contribution in [-0.4, -0.2) is 43.9 Å². The maximum Gasteiger partial charge on any atom is 0.407 e. The lowest BCUT2D eigenvalue weighted by Crippen LogP contribution is -2.44. The van der Waals surface area contributed by atoms with Crippen molar-refractivity contribution in [3.63, 3.8) is 0 Å². The van der Waals surface area contributed by atoms with Gasteiger partial charge in [-0.05, 0) is 46.7 Å². The maximum absolute atomic E-state index is 11.4. The Morgan fingerprint density at radius 2 is 1.68 bits per heavy atom. The highest BCUT2D eigenvalue weighted by Gasteiger charge is 2.20. The van der Waals surface area contributed by atoms with Gasteiger partial charge >= 0.3 is 12.1 Å². The predicted molar refractivity (Wildman–Crippen MR) is 73.0 cm³/mol. The molecule has 19 heavy (non-hydrogen) atoms. The number of piperidine rings is 1. The number of nitrogens with one attached hydrogen (secondary N) is 2. The number of ether oxygens (including phenoxy) is 2. The van der Waals surface area contributed by atoms with Crippen LogP contribution in [0, 0.1) is 0 Å². The van der Waals surface area contributed by atoms with Gasteiger partial charge in [0.1, 0.15) is 5.60 Å². The molecule has 0 aromatic heterocycles. The Hall–Kier alpha value is -1.30. The van der Waals surface area contributed by atoms with Crippen molar-refractivity contribution >= 4 is 12.1 Å². The molecule has 1 saturated heterocycles. The van der Waals surface area contributed by atoms with Crippen LogP contribution in [0.5, 0.6) is 0 Å². The molecule has 0 aliphatic carbocycles. The smallest absolute Gasteiger partial charge is 0.407 e. The fourth-order valence-corrected chi connectivity index (χ4v) is 1.44. The van der Waals surface area contributed by atoms with E-state index < -0.39 is 5.60 Å². The number of methoxy groups -OCH3 is 1. The van der Waals surface area contributed by atoms with Gasteiger partial charge in [-0.15, -0.1) is 0 Å². The van der Waals surface area contributed by atoms with Crippen LogP contribution in [0.25, 0.3) is 0 Å². The van der Waals surface area contributed by atoms with E-state index in [4.69, 9.17) is 4.74 Å². The molecular formula is C13H26N2O4. The molecular weight excluding hydrogens is 248 g/mol. The molecule has 1 aliphatic rings. The first-order valence-electron chi connectivity index (χ1n) is 6.49. The van der Waals surface area contributed by atoms with Crippen molar-refractivity contribution in [2.45, 2.75) is 52.2 Å². The van der Waals surface area contributed by atoms with Crippen molar-refractivity contribution < 1.29 is 19.1 Å². The normalized spacial score (nSPS) is 15.8. The minimum Gasteiger partial charge on any atom is -0.469 e. The van der Waals surface area contributed by atoms with Crippen LogP contribution in [0.15, 0.2) is 0 Å². The van der Waals surface area contributed by atoms with Gasteiger partial charge < -0.3 is 20.1 Å². The predicted octanol–water partition coefficient (Wildman–Crippen LogP) is 1.44. The van der Waals surface area contributed by atoms with E-state index in [0.29, 0.717) is 0 Å². The second kappa shape index (κ2) is 8.74. The largest absolute Gasteiger partial charge is 0.469 e. The van der Waals surface area contributed by atoms with Crippen LogP contribution in [0.3, 0.4) is 0 Å². The zero-order chi connectivity index (χ0) is 14.9. The summed E-state index contributed by atoms with van der Waals surface area (Å²) in [6, 6.07) is 0.270. The van der Waals surface area contributed by atoms with Crippen LogP contribution in [0.1, 0.15) is 40.5 Å². The van der Waals surface area contributed by atoms with E-state index in [1.54, 1.807) is 0 Å². The molecule has 0 bridgehead atoms. The zero-order valence-electron chi connectivity index (χ0n) is 12.5. The Bertz CT molecular complexity index is 281. The molecule has 0 aromatic carbocycles. The molecule has 112 valence electrons. The summed E-state index contributed by atoms with van der Waals surface area (Å²) in [7, 11) is 1.35. The summed E-state index contributed by atoms with van der Waals surface area (Å²) in [5.41, 5.74) is -0.406. The summed E-state index contributed by atoms with van der Waals surface area (Å²) in [6.45, 7) is 8.92. The lowest BCUT2D eigenvalue weighted by atomic mass is 10.1. The van der Waals surface area contributed by atoms with E-state index in [1.807, 2.05) is 20.8 Å². The summed E-state index contributed by atoms with van der Waals surface area (Å²) in [4.78, 5) is 21.0. The third kappa shape index (κ3) is 11.5. The quantitative estimate of drug-likeness (QED) is 0.708. The molecule has 0 unspecified atom stereocenters. The number of alkyl carbamates (subject to hydrolysis) is 1. The number of carbonyl (C=O) groups is 2. The van der Waals surface area contributed by atoms with Crippen LogP contribution >= 0.6 is 0 Å². The third-order valence-corrected chi connectivity index (χ3v) is 2.35. The molecule has 0 atom stereocenters. The van der Waals surface area contributed by atoms with E-state index >= 15 is 0 Å². The van der Waals surface area contributed by atoms with Gasteiger partial charge in [-0.1, -0.05) is 0 Å². The first kappa shape index (κ1) is 17.7. The van der Waals surface area contributed by atoms with Crippen molar-refractivity contribution in [2.24, 2.45) is 0 Å². The minimum atomic E-state index is -0.406. The first-order valence-corrected chi connectivity index (χ1v) is 6.49. The number of esters is 1. The molecule has 0 saturated carbocycles. The Morgan fingerprint density at radius 1 is 1.21 bits per heavy atom. The van der Waals surface area contributed by atoms with E-state index in [0.717, 1.165) is 25.9 Å². The second-order valence-electron chi connectivity index (χ2n) is 5.37. The fourth-order valence-electron chi connectivity index (χ4n) is 1.44. The Morgan fingerprint density at radius 3 is 2.05 bits per heavy atom. The summed E-state index contributed by atoms with van der Waals surface area (Å²) in [6.07, 6.45) is 1.67. The number of hydrogen-bond donors (Lipinski definition) is 2. The SMILES string of the molecule is CC(C)(C)OC(=O)NC1CCNCC1.COC(C)=O. The van der Waals surface area contributed by atoms with Gasteiger partial charge in [0.15, 0.2) is 0 Å². The summed E-state index contributed by atoms with van der Waals surface area (Å²) >= 11 is 0. The lowest BCUT2D eigenvalue weighted by Gasteiger charge is -2.26. The molecule has 6 nitrogen and oxygen atoms in total. The molecule has 1 fully saturated rings. The second-order valence-corrected chi connectivity index (χ2v) is 5.37. The Kier molecular flexibility index (Phi) is 8.14. The van der Waals surface area contributed by atoms with Gasteiger partial charge in [-0.25, -0.2) is 4.79 Å². The summed E-state index contributed by atoms with van der Waals surface area (Å²) < 4.78 is 9.28. The fraction of sp³-hybridized carbons (Fsp3) is 0.846. The number of rotatable bonds is 1. The molecule has 1 aliphatic heterocycles. The highest BCUT2D eigenvalue weighted by Crippen LogP contribution is 2.08. The van der Waals surface area contributed by atoms with Gasteiger partial charge in [0.25, 0.3) is 0 Å². The van der Waals surface area contributed by atoms with Gasteiger partial charge in [0.2, 0.25) is 0 Å². The number of amides is 1. The van der Waals surface area contributed by atoms with Gasteiger partial charge in [0.05, 0.1) is 7.11 Å². The molecule has 0 spiro atoms. The van der Waals surface area contributed by atoms with E-state index in [1.165, 1.54) is 14.0 Å². The molecule has 0 aromatic rings. The molecule has 0 radical (unpaired) electrons. The van der Waals surface area contributed by atoms with Crippen molar-refractivity contribution in [3.05, 3.63) is 0 Å². The number of carbonyl (C=O) groups excluding carboxylic acids is 2. The molecule has 2 N–H and O–H groups in total. The summed E-state index contributed by atoms with van der Waals surface area (Å²) in [5, 5.41) is 6.12. The summed E-state index contributed by atoms with van der Waals surface area (Å²) in [5.74, 6) is -0.245. The molecule has 1 amide bonds. The van der Waals surface area contributed by atoms with Crippen molar-refractivity contribution in [1.29, 1.82) is 0 Å². The average Bonchev–Trinajstić information content (AvgIpc) is 2.28. The number of hydrogen-bond acceptors (Lipinski definition) is 5. The van der Waals surface area contributed by atoms with Crippen LogP contribution in [0.4, 0.5) is 4.79 Å². The highest BCUT2D eigenvalue weighted by atomic mass is 16.6. The topological polar surface area (TPSA) is 76.7 Å². The highest BCUT2D eigenvalue weighted by molar-refractivity contribution is 5.68. The van der Waals surface area contributed by atoms with Gasteiger partial charge in [-0.3, -0.25) is 4.79 Å². The van der Waals surface area contributed by atoms with E-state index in [9.17, 15) is 9.59 Å². The van der Waals surface area contributed by atoms with Crippen molar-refractivity contribution in [1.82, 2.24) is 10.6 Å². The molecule has 1 rings (SSSR count). The van der Waals surface area contributed by atoms with E-state index in [2.05, 4.69) is 15.4 Å². The van der Waals surface area contributed by atoms with Crippen molar-refractivity contribution in [3.8, 4) is 0 Å². The molecule has 1 heterocycles. The molecule has 6 heteroatoms. The van der Waals surface area contributed by atoms with Crippen LogP contribution in [0.2, 0.25) is 0 Å². The zero-order valence-corrected chi connectivity index (χ0v) is 12.5. The first-order chi connectivity index (χ1) is 8.74. The standard InChI is InChI=1S/C10H20N2O2.C3H6O2/c1-10(2,3)14-9(13)12-8-4-6-11-7-5-8;1-3(4)5-2/h8,11H,4-7H2,1-3H3,(H,12,13);1-2H3. The van der Waals surface area contributed by atoms with Gasteiger partial charge in [-0.2, -0.15) is 0 Å². The maximum atomic E-state index is 11.4. The lowest BCUT2D eigenvalue weighted by molar-refractivity contribution is -0.137. The average molecular weight is 274 g/mol. The van der Waals surface area contributed by atoms with Crippen LogP contribution in [-0.2, 0) is 14.3 Å². The van der Waals surface area contributed by atoms with Crippen molar-refractivity contribution in [2.75, 3.05) is 20.2 Å². The van der Waals surface area contributed by atoms with Crippen LogP contribution < -0.4 is 10.6 Å². The Balaban J connectivity index is 0.000000555. The minimum absolute atomic E-state index is 0.245. The van der Waals surface area contributed by atoms with Gasteiger partial charge in [0, 0.05) is 13.0 Å².